The van der Waals surface area contributed by atoms with E-state index in [1.807, 2.05) is 57.4 Å². The van der Waals surface area contributed by atoms with Crippen molar-refractivity contribution in [2.24, 2.45) is 0 Å². The first kappa shape index (κ1) is 25.7. The molecule has 174 valence electrons. The summed E-state index contributed by atoms with van der Waals surface area (Å²) in [5.74, 6) is 1.89. The lowest BCUT2D eigenvalue weighted by atomic mass is 10.2. The highest BCUT2D eigenvalue weighted by Crippen LogP contribution is 2.40. The van der Waals surface area contributed by atoms with E-state index in [4.69, 9.17) is 19.2 Å². The van der Waals surface area contributed by atoms with E-state index in [-0.39, 0.29) is 24.9 Å². The van der Waals surface area contributed by atoms with Gasteiger partial charge < -0.3 is 19.1 Å². The Labute approximate surface area is 199 Å². The van der Waals surface area contributed by atoms with Gasteiger partial charge in [0.1, 0.15) is 27.5 Å². The molecule has 0 aliphatic rings. The number of amides is 1. The molecule has 0 bridgehead atoms. The van der Waals surface area contributed by atoms with Crippen molar-refractivity contribution in [1.82, 2.24) is 9.88 Å². The van der Waals surface area contributed by atoms with Crippen LogP contribution in [0.5, 0.6) is 17.2 Å². The summed E-state index contributed by atoms with van der Waals surface area (Å²) in [5.41, 5.74) is 1.77. The van der Waals surface area contributed by atoms with Crippen LogP contribution in [0, 0.1) is 6.92 Å². The van der Waals surface area contributed by atoms with Gasteiger partial charge in [-0.25, -0.2) is 4.98 Å². The second-order valence-corrected chi connectivity index (χ2v) is 8.43. The molecule has 7 nitrogen and oxygen atoms in total. The van der Waals surface area contributed by atoms with Gasteiger partial charge >= 0.3 is 0 Å². The fourth-order valence-electron chi connectivity index (χ4n) is 3.19. The molecule has 3 aromatic rings. The number of carbonyl (C=O) groups excluding carboxylic acids is 1. The van der Waals surface area contributed by atoms with Crippen molar-refractivity contribution in [1.29, 1.82) is 0 Å². The monoisotopic (exact) mass is 479 g/mol. The highest BCUT2D eigenvalue weighted by atomic mass is 35.5. The molecule has 0 atom stereocenters. The smallest absolute Gasteiger partial charge is 0.266 e. The summed E-state index contributed by atoms with van der Waals surface area (Å²) < 4.78 is 17.6. The quantitative estimate of drug-likeness (QED) is 0.429. The molecular formula is C23H30ClN3O4S. The van der Waals surface area contributed by atoms with Crippen LogP contribution in [0.3, 0.4) is 0 Å². The van der Waals surface area contributed by atoms with Gasteiger partial charge in [0.2, 0.25) is 0 Å². The zero-order valence-electron chi connectivity index (χ0n) is 19.1. The standard InChI is InChI=1S/C23H29N3O4S.ClH/c1-16-8-6-9-17(14-16)30-15-20(27)26(13-7-12-25(2)3)23-24-21-18(28-4)10-11-19(29-5)22(21)31-23;/h6,8-11,14H,7,12-13,15H2,1-5H3;1H. The number of hydrogen-bond acceptors (Lipinski definition) is 7. The van der Waals surface area contributed by atoms with Crippen molar-refractivity contribution < 1.29 is 19.0 Å². The van der Waals surface area contributed by atoms with Gasteiger partial charge in [0.15, 0.2) is 11.7 Å². The van der Waals surface area contributed by atoms with E-state index in [1.165, 1.54) is 11.3 Å². The lowest BCUT2D eigenvalue weighted by molar-refractivity contribution is -0.120. The van der Waals surface area contributed by atoms with Gasteiger partial charge in [-0.2, -0.15) is 0 Å². The molecule has 1 amide bonds. The molecule has 2 aromatic carbocycles. The average Bonchev–Trinajstić information content (AvgIpc) is 3.19. The minimum atomic E-state index is -0.141. The van der Waals surface area contributed by atoms with Crippen LogP contribution in [-0.2, 0) is 4.79 Å². The number of thiazole rings is 1. The number of anilines is 1. The van der Waals surface area contributed by atoms with Crippen molar-refractivity contribution in [2.45, 2.75) is 13.3 Å². The first-order valence-corrected chi connectivity index (χ1v) is 10.9. The van der Waals surface area contributed by atoms with Crippen LogP contribution < -0.4 is 19.1 Å². The molecule has 3 rings (SSSR count). The largest absolute Gasteiger partial charge is 0.495 e. The zero-order chi connectivity index (χ0) is 22.4. The van der Waals surface area contributed by atoms with Crippen LogP contribution in [0.4, 0.5) is 5.13 Å². The number of halogens is 1. The van der Waals surface area contributed by atoms with E-state index < -0.39 is 0 Å². The highest BCUT2D eigenvalue weighted by Gasteiger charge is 2.23. The molecule has 1 aromatic heterocycles. The fourth-order valence-corrected chi connectivity index (χ4v) is 4.31. The molecule has 0 aliphatic carbocycles. The van der Waals surface area contributed by atoms with Gasteiger partial charge in [-0.05, 0) is 63.8 Å². The van der Waals surface area contributed by atoms with Gasteiger partial charge in [0.05, 0.1) is 14.2 Å². The highest BCUT2D eigenvalue weighted by molar-refractivity contribution is 7.22. The third-order valence-corrected chi connectivity index (χ3v) is 5.86. The molecule has 32 heavy (non-hydrogen) atoms. The predicted molar refractivity (Wildman–Crippen MR) is 132 cm³/mol. The normalized spacial score (nSPS) is 10.7. The third kappa shape index (κ3) is 6.25. The zero-order valence-corrected chi connectivity index (χ0v) is 20.7. The van der Waals surface area contributed by atoms with Crippen LogP contribution in [0.1, 0.15) is 12.0 Å². The minimum Gasteiger partial charge on any atom is -0.495 e. The molecule has 0 aliphatic heterocycles. The second-order valence-electron chi connectivity index (χ2n) is 7.45. The van der Waals surface area contributed by atoms with Crippen LogP contribution in [0.25, 0.3) is 10.2 Å². The van der Waals surface area contributed by atoms with E-state index in [1.54, 1.807) is 19.1 Å². The van der Waals surface area contributed by atoms with E-state index in [9.17, 15) is 4.79 Å². The van der Waals surface area contributed by atoms with E-state index in [2.05, 4.69) is 4.90 Å². The molecule has 1 heterocycles. The molecule has 0 spiro atoms. The summed E-state index contributed by atoms with van der Waals surface area (Å²) in [7, 11) is 7.26. The maximum absolute atomic E-state index is 13.2. The molecule has 0 saturated heterocycles. The number of hydrogen-bond donors (Lipinski definition) is 0. The van der Waals surface area contributed by atoms with Crippen molar-refractivity contribution in [2.75, 3.05) is 52.9 Å². The minimum absolute atomic E-state index is 0. The lowest BCUT2D eigenvalue weighted by Crippen LogP contribution is -2.36. The van der Waals surface area contributed by atoms with Crippen molar-refractivity contribution in [3.63, 3.8) is 0 Å². The van der Waals surface area contributed by atoms with Crippen LogP contribution in [0.2, 0.25) is 0 Å². The Hall–Kier alpha value is -2.55. The molecular weight excluding hydrogens is 450 g/mol. The summed E-state index contributed by atoms with van der Waals surface area (Å²) >= 11 is 1.42. The Morgan fingerprint density at radius 1 is 1.06 bits per heavy atom. The van der Waals surface area contributed by atoms with E-state index in [0.717, 1.165) is 23.2 Å². The molecule has 0 N–H and O–H groups in total. The molecule has 0 fully saturated rings. The average molecular weight is 480 g/mol. The van der Waals surface area contributed by atoms with Crippen molar-refractivity contribution >= 4 is 45.0 Å². The maximum Gasteiger partial charge on any atom is 0.266 e. The van der Waals surface area contributed by atoms with Crippen molar-refractivity contribution in [3.05, 3.63) is 42.0 Å². The van der Waals surface area contributed by atoms with Gasteiger partial charge in [-0.3, -0.25) is 9.69 Å². The van der Waals surface area contributed by atoms with Crippen molar-refractivity contribution in [3.8, 4) is 17.2 Å². The summed E-state index contributed by atoms with van der Waals surface area (Å²) in [6.07, 6.45) is 0.813. The molecule has 0 radical (unpaired) electrons. The third-order valence-electron chi connectivity index (χ3n) is 4.77. The summed E-state index contributed by atoms with van der Waals surface area (Å²) in [5, 5.41) is 0.606. The predicted octanol–water partition coefficient (Wildman–Crippen LogP) is 4.41. The molecule has 0 saturated carbocycles. The van der Waals surface area contributed by atoms with Crippen LogP contribution in [0.15, 0.2) is 36.4 Å². The number of benzene rings is 2. The number of nitrogens with zero attached hydrogens (tertiary/aromatic N) is 3. The summed E-state index contributed by atoms with van der Waals surface area (Å²) in [6, 6.07) is 11.3. The van der Waals surface area contributed by atoms with Crippen LogP contribution >= 0.6 is 23.7 Å². The van der Waals surface area contributed by atoms with Gasteiger partial charge in [0, 0.05) is 6.54 Å². The van der Waals surface area contributed by atoms with Gasteiger partial charge in [-0.15, -0.1) is 12.4 Å². The number of rotatable bonds is 10. The van der Waals surface area contributed by atoms with Gasteiger partial charge in [-0.1, -0.05) is 23.5 Å². The van der Waals surface area contributed by atoms with E-state index in [0.29, 0.717) is 34.4 Å². The lowest BCUT2D eigenvalue weighted by Gasteiger charge is -2.21. The number of fused-ring (bicyclic) bond motifs is 1. The number of aryl methyl sites for hydroxylation is 1. The number of methoxy groups -OCH3 is 2. The molecule has 9 heteroatoms. The summed E-state index contributed by atoms with van der Waals surface area (Å²) in [4.78, 5) is 21.7. The van der Waals surface area contributed by atoms with Gasteiger partial charge in [0.25, 0.3) is 5.91 Å². The first-order chi connectivity index (χ1) is 14.9. The SMILES string of the molecule is COc1ccc(OC)c2sc(N(CCCN(C)C)C(=O)COc3cccc(C)c3)nc12.Cl. The number of aromatic nitrogens is 1. The number of ether oxygens (including phenoxy) is 3. The Balaban J connectivity index is 0.00000363. The Morgan fingerprint density at radius 3 is 2.44 bits per heavy atom. The van der Waals surface area contributed by atoms with Crippen LogP contribution in [-0.4, -0.2) is 63.8 Å². The number of carbonyl (C=O) groups is 1. The Morgan fingerprint density at radius 2 is 1.78 bits per heavy atom. The molecule has 0 unspecified atom stereocenters. The summed E-state index contributed by atoms with van der Waals surface area (Å²) in [6.45, 7) is 3.33. The van der Waals surface area contributed by atoms with E-state index >= 15 is 0 Å². The first-order valence-electron chi connectivity index (χ1n) is 10.1. The Bertz CT molecular complexity index is 1000. The maximum atomic E-state index is 13.2. The fraction of sp³-hybridized carbons (Fsp3) is 0.391. The topological polar surface area (TPSA) is 64.1 Å². The Kier molecular flexibility index (Phi) is 9.56. The second kappa shape index (κ2) is 11.9.